The van der Waals surface area contributed by atoms with E-state index < -0.39 is 11.6 Å². The van der Waals surface area contributed by atoms with Gasteiger partial charge in [0.25, 0.3) is 0 Å². The van der Waals surface area contributed by atoms with E-state index in [1.165, 1.54) is 6.07 Å². The monoisotopic (exact) mass is 244 g/mol. The van der Waals surface area contributed by atoms with Gasteiger partial charge in [0, 0.05) is 19.5 Å². The lowest BCUT2D eigenvalue weighted by molar-refractivity contribution is 0.336. The van der Waals surface area contributed by atoms with E-state index in [1.54, 1.807) is 6.07 Å². The fourth-order valence-electron chi connectivity index (χ4n) is 1.33. The van der Waals surface area contributed by atoms with Gasteiger partial charge in [0.1, 0.15) is 0 Å². The van der Waals surface area contributed by atoms with Crippen molar-refractivity contribution in [1.29, 1.82) is 0 Å². The van der Waals surface area contributed by atoms with E-state index in [4.69, 9.17) is 18.0 Å². The highest BCUT2D eigenvalue weighted by Crippen LogP contribution is 2.10. The van der Waals surface area contributed by atoms with Crippen LogP contribution >= 0.6 is 12.2 Å². The quantitative estimate of drug-likeness (QED) is 0.804. The molecule has 0 unspecified atom stereocenters. The molecular formula is C11H14F2N2S. The van der Waals surface area contributed by atoms with Crippen LogP contribution in [0.15, 0.2) is 18.2 Å². The summed E-state index contributed by atoms with van der Waals surface area (Å²) in [6.45, 7) is 1.24. The molecule has 0 aliphatic rings. The molecule has 0 saturated heterocycles. The molecule has 0 heterocycles. The number of halogens is 2. The third kappa shape index (κ3) is 4.20. The average Bonchev–Trinajstić information content (AvgIpc) is 2.21. The number of rotatable bonds is 5. The van der Waals surface area contributed by atoms with E-state index in [-0.39, 0.29) is 0 Å². The van der Waals surface area contributed by atoms with Crippen molar-refractivity contribution >= 4 is 17.2 Å². The first-order chi connectivity index (χ1) is 7.49. The number of hydrogen-bond acceptors (Lipinski definition) is 2. The molecule has 0 radical (unpaired) electrons. The van der Waals surface area contributed by atoms with Crippen LogP contribution in [0.2, 0.25) is 0 Å². The first-order valence-electron chi connectivity index (χ1n) is 4.90. The van der Waals surface area contributed by atoms with Crippen molar-refractivity contribution in [1.82, 2.24) is 4.90 Å². The molecule has 0 spiro atoms. The van der Waals surface area contributed by atoms with Crippen LogP contribution in [0.1, 0.15) is 12.0 Å². The van der Waals surface area contributed by atoms with E-state index in [0.717, 1.165) is 11.6 Å². The molecule has 0 saturated carbocycles. The Bertz CT molecular complexity index is 382. The summed E-state index contributed by atoms with van der Waals surface area (Å²) >= 11 is 4.76. The van der Waals surface area contributed by atoms with Crippen molar-refractivity contribution in [2.24, 2.45) is 5.73 Å². The third-order valence-electron chi connectivity index (χ3n) is 2.18. The summed E-state index contributed by atoms with van der Waals surface area (Å²) in [5, 5.41) is 0. The molecule has 0 fully saturated rings. The Morgan fingerprint density at radius 3 is 2.62 bits per heavy atom. The van der Waals surface area contributed by atoms with Gasteiger partial charge in [-0.2, -0.15) is 0 Å². The molecule has 88 valence electrons. The lowest BCUT2D eigenvalue weighted by Crippen LogP contribution is -2.23. The zero-order chi connectivity index (χ0) is 12.1. The number of hydrogen-bond donors (Lipinski definition) is 1. The van der Waals surface area contributed by atoms with Crippen LogP contribution in [0.4, 0.5) is 8.78 Å². The van der Waals surface area contributed by atoms with E-state index >= 15 is 0 Å². The molecule has 0 aliphatic heterocycles. The molecule has 0 amide bonds. The van der Waals surface area contributed by atoms with Gasteiger partial charge in [0.2, 0.25) is 0 Å². The Hall–Kier alpha value is -1.07. The summed E-state index contributed by atoms with van der Waals surface area (Å²) in [6, 6.07) is 3.90. The van der Waals surface area contributed by atoms with Gasteiger partial charge in [-0.1, -0.05) is 18.3 Å². The molecule has 1 aromatic carbocycles. The number of nitrogens with zero attached hydrogens (tertiary/aromatic N) is 1. The smallest absolute Gasteiger partial charge is 0.159 e. The largest absolute Gasteiger partial charge is 0.393 e. The summed E-state index contributed by atoms with van der Waals surface area (Å²) in [6.07, 6.45) is 0.621. The van der Waals surface area contributed by atoms with E-state index in [1.807, 2.05) is 11.9 Å². The van der Waals surface area contributed by atoms with Crippen LogP contribution < -0.4 is 5.73 Å². The van der Waals surface area contributed by atoms with Gasteiger partial charge in [-0.25, -0.2) is 8.78 Å². The third-order valence-corrected chi connectivity index (χ3v) is 2.38. The molecule has 2 N–H and O–H groups in total. The summed E-state index contributed by atoms with van der Waals surface area (Å²) < 4.78 is 25.6. The number of nitrogens with two attached hydrogens (primary N) is 1. The minimum atomic E-state index is -0.825. The summed E-state index contributed by atoms with van der Waals surface area (Å²) in [5.41, 5.74) is 6.10. The van der Waals surface area contributed by atoms with E-state index in [0.29, 0.717) is 24.5 Å². The second-order valence-electron chi connectivity index (χ2n) is 3.70. The Kier molecular flexibility index (Phi) is 4.76. The van der Waals surface area contributed by atoms with Gasteiger partial charge in [0.15, 0.2) is 11.6 Å². The van der Waals surface area contributed by atoms with Crippen LogP contribution in [0.25, 0.3) is 0 Å². The number of benzene rings is 1. The molecule has 1 aromatic rings. The van der Waals surface area contributed by atoms with Crippen LogP contribution in [0, 0.1) is 11.6 Å². The highest BCUT2D eigenvalue weighted by Gasteiger charge is 2.05. The van der Waals surface area contributed by atoms with Crippen LogP contribution in [0.5, 0.6) is 0 Å². The van der Waals surface area contributed by atoms with Gasteiger partial charge in [0.05, 0.1) is 4.99 Å². The number of thiocarbonyl (C=S) groups is 1. The van der Waals surface area contributed by atoms with Crippen molar-refractivity contribution < 1.29 is 8.78 Å². The van der Waals surface area contributed by atoms with E-state index in [9.17, 15) is 8.78 Å². The van der Waals surface area contributed by atoms with Gasteiger partial charge in [-0.3, -0.25) is 0 Å². The highest BCUT2D eigenvalue weighted by atomic mass is 32.1. The highest BCUT2D eigenvalue weighted by molar-refractivity contribution is 7.80. The topological polar surface area (TPSA) is 29.3 Å². The van der Waals surface area contributed by atoms with E-state index in [2.05, 4.69) is 0 Å². The zero-order valence-corrected chi connectivity index (χ0v) is 9.86. The van der Waals surface area contributed by atoms with Crippen LogP contribution in [-0.4, -0.2) is 23.5 Å². The fraction of sp³-hybridized carbons (Fsp3) is 0.364. The van der Waals surface area contributed by atoms with Crippen molar-refractivity contribution in [2.75, 3.05) is 13.6 Å². The van der Waals surface area contributed by atoms with Crippen molar-refractivity contribution in [2.45, 2.75) is 13.0 Å². The summed E-state index contributed by atoms with van der Waals surface area (Å²) in [5.74, 6) is -1.64. The van der Waals surface area contributed by atoms with Crippen LogP contribution in [0.3, 0.4) is 0 Å². The predicted molar refractivity (Wildman–Crippen MR) is 64.1 cm³/mol. The molecule has 0 bridgehead atoms. The van der Waals surface area contributed by atoms with Gasteiger partial charge < -0.3 is 10.6 Å². The molecule has 2 nitrogen and oxygen atoms in total. The normalized spacial score (nSPS) is 10.8. The Labute approximate surface area is 99.0 Å². The minimum Gasteiger partial charge on any atom is -0.393 e. The second kappa shape index (κ2) is 5.86. The molecule has 1 rings (SSSR count). The Morgan fingerprint density at radius 1 is 1.38 bits per heavy atom. The molecule has 16 heavy (non-hydrogen) atoms. The maximum Gasteiger partial charge on any atom is 0.159 e. The summed E-state index contributed by atoms with van der Waals surface area (Å²) in [7, 11) is 1.87. The molecular weight excluding hydrogens is 230 g/mol. The fourth-order valence-corrected chi connectivity index (χ4v) is 1.42. The lowest BCUT2D eigenvalue weighted by atomic mass is 10.2. The average molecular weight is 244 g/mol. The van der Waals surface area contributed by atoms with Gasteiger partial charge >= 0.3 is 0 Å². The van der Waals surface area contributed by atoms with Crippen molar-refractivity contribution in [3.8, 4) is 0 Å². The first-order valence-corrected chi connectivity index (χ1v) is 5.30. The predicted octanol–water partition coefficient (Wildman–Crippen LogP) is 2.07. The second-order valence-corrected chi connectivity index (χ2v) is 4.23. The SMILES string of the molecule is CN(CCC(N)=S)Cc1ccc(F)c(F)c1. The van der Waals surface area contributed by atoms with Crippen molar-refractivity contribution in [3.05, 3.63) is 35.4 Å². The van der Waals surface area contributed by atoms with Crippen LogP contribution in [-0.2, 0) is 6.54 Å². The van der Waals surface area contributed by atoms with Gasteiger partial charge in [-0.15, -0.1) is 0 Å². The molecule has 0 aromatic heterocycles. The molecule has 0 atom stereocenters. The lowest BCUT2D eigenvalue weighted by Gasteiger charge is -2.16. The molecule has 0 aliphatic carbocycles. The van der Waals surface area contributed by atoms with Gasteiger partial charge in [-0.05, 0) is 24.7 Å². The summed E-state index contributed by atoms with van der Waals surface area (Å²) in [4.78, 5) is 2.41. The maximum absolute atomic E-state index is 12.9. The van der Waals surface area contributed by atoms with Crippen molar-refractivity contribution in [3.63, 3.8) is 0 Å². The standard InChI is InChI=1S/C11H14F2N2S/c1-15(5-4-11(14)16)7-8-2-3-9(12)10(13)6-8/h2-3,6H,4-5,7H2,1H3,(H2,14,16). The Balaban J connectivity index is 2.52. The Morgan fingerprint density at radius 2 is 2.06 bits per heavy atom. The zero-order valence-electron chi connectivity index (χ0n) is 9.04. The maximum atomic E-state index is 12.9. The minimum absolute atomic E-state index is 0.456. The molecule has 5 heteroatoms. The first kappa shape index (κ1) is 13.0.